The number of nitrogens with zero attached hydrogens (tertiary/aromatic N) is 2. The van der Waals surface area contributed by atoms with Gasteiger partial charge in [-0.2, -0.15) is 0 Å². The van der Waals surface area contributed by atoms with Crippen LogP contribution in [0.25, 0.3) is 92.8 Å². The highest BCUT2D eigenvalue weighted by Crippen LogP contribution is 2.43. The predicted molar refractivity (Wildman–Crippen MR) is 256 cm³/mol. The van der Waals surface area contributed by atoms with Crippen LogP contribution in [0, 0.1) is 0 Å². The minimum Gasteiger partial charge on any atom is -0.310 e. The summed E-state index contributed by atoms with van der Waals surface area (Å²) in [5, 5.41) is 12.7. The van der Waals surface area contributed by atoms with Crippen molar-refractivity contribution in [2.75, 3.05) is 4.90 Å². The van der Waals surface area contributed by atoms with Crippen molar-refractivity contribution in [3.63, 3.8) is 0 Å². The monoisotopic (exact) mass is 762 g/mol. The van der Waals surface area contributed by atoms with E-state index in [4.69, 9.17) is 0 Å². The minimum atomic E-state index is 1.08. The predicted octanol–water partition coefficient (Wildman–Crippen LogP) is 16.2. The van der Waals surface area contributed by atoms with Crippen LogP contribution in [-0.4, -0.2) is 4.57 Å². The third-order valence-corrected chi connectivity index (χ3v) is 12.3. The second kappa shape index (κ2) is 13.9. The molecule has 2 nitrogen and oxygen atoms in total. The van der Waals surface area contributed by atoms with E-state index in [2.05, 4.69) is 240 Å². The number of hydrogen-bond donors (Lipinski definition) is 0. The molecule has 0 N–H and O–H groups in total. The second-order valence-corrected chi connectivity index (χ2v) is 15.7. The van der Waals surface area contributed by atoms with Crippen LogP contribution >= 0.6 is 0 Å². The van der Waals surface area contributed by atoms with Gasteiger partial charge in [0.2, 0.25) is 0 Å². The third kappa shape index (κ3) is 5.50. The topological polar surface area (TPSA) is 8.17 Å². The lowest BCUT2D eigenvalue weighted by Gasteiger charge is -2.28. The Balaban J connectivity index is 1.00. The minimum absolute atomic E-state index is 1.08. The van der Waals surface area contributed by atoms with E-state index in [0.717, 1.165) is 22.7 Å². The van der Waals surface area contributed by atoms with E-state index in [1.165, 1.54) is 87.1 Å². The molecule has 60 heavy (non-hydrogen) atoms. The summed E-state index contributed by atoms with van der Waals surface area (Å²) in [6.45, 7) is 0. The summed E-state index contributed by atoms with van der Waals surface area (Å²) in [6.07, 6.45) is 0. The highest BCUT2D eigenvalue weighted by Gasteiger charge is 2.20. The van der Waals surface area contributed by atoms with Crippen molar-refractivity contribution in [3.8, 4) is 27.9 Å². The number of benzene rings is 11. The van der Waals surface area contributed by atoms with Crippen LogP contribution in [-0.2, 0) is 0 Å². The second-order valence-electron chi connectivity index (χ2n) is 15.7. The van der Waals surface area contributed by atoms with Crippen molar-refractivity contribution in [2.45, 2.75) is 0 Å². The van der Waals surface area contributed by atoms with Crippen molar-refractivity contribution < 1.29 is 0 Å². The van der Waals surface area contributed by atoms with Gasteiger partial charge in [0.15, 0.2) is 0 Å². The third-order valence-electron chi connectivity index (χ3n) is 12.3. The standard InChI is InChI=1S/C58H38N2/c1-2-13-40(14-3-1)50-20-8-10-23-55(50)59(46-17-12-18-47(38-46)60-56-24-11-9-22-54(56)58-51-21-7-5-16-42(51)30-36-57(58)60)45-31-25-39(26-32-45)43-28-33-49-44(37-43)29-35-52-48-19-6-4-15-41(48)27-34-53(49)52/h1-38H. The van der Waals surface area contributed by atoms with Crippen LogP contribution in [0.2, 0.25) is 0 Å². The lowest BCUT2D eigenvalue weighted by Crippen LogP contribution is -2.11. The Hall–Kier alpha value is -7.94. The van der Waals surface area contributed by atoms with Crippen LogP contribution in [0.4, 0.5) is 17.1 Å². The zero-order valence-electron chi connectivity index (χ0n) is 32.8. The number of hydrogen-bond acceptors (Lipinski definition) is 1. The highest BCUT2D eigenvalue weighted by molar-refractivity contribution is 6.21. The molecule has 0 amide bonds. The lowest BCUT2D eigenvalue weighted by atomic mass is 9.95. The Kier molecular flexibility index (Phi) is 7.89. The van der Waals surface area contributed by atoms with Crippen LogP contribution < -0.4 is 4.90 Å². The summed E-state index contributed by atoms with van der Waals surface area (Å²) in [5.74, 6) is 0. The first-order valence-electron chi connectivity index (χ1n) is 20.7. The maximum atomic E-state index is 2.43. The van der Waals surface area contributed by atoms with Gasteiger partial charge in [0.25, 0.3) is 0 Å². The summed E-state index contributed by atoms with van der Waals surface area (Å²) in [7, 11) is 0. The quantitative estimate of drug-likeness (QED) is 0.153. The maximum absolute atomic E-state index is 2.43. The molecule has 0 saturated carbocycles. The summed E-state index contributed by atoms with van der Waals surface area (Å²) >= 11 is 0. The summed E-state index contributed by atoms with van der Waals surface area (Å²) in [6, 6.07) is 84.2. The normalized spacial score (nSPS) is 11.7. The first-order valence-corrected chi connectivity index (χ1v) is 20.7. The van der Waals surface area contributed by atoms with Gasteiger partial charge in [-0.3, -0.25) is 0 Å². The fourth-order valence-corrected chi connectivity index (χ4v) is 9.56. The molecule has 280 valence electrons. The average molecular weight is 763 g/mol. The Morgan fingerprint density at radius 1 is 0.300 bits per heavy atom. The van der Waals surface area contributed by atoms with Gasteiger partial charge >= 0.3 is 0 Å². The molecule has 12 rings (SSSR count). The van der Waals surface area contributed by atoms with Crippen molar-refractivity contribution in [1.82, 2.24) is 4.57 Å². The van der Waals surface area contributed by atoms with Crippen molar-refractivity contribution in [2.24, 2.45) is 0 Å². The molecule has 2 heteroatoms. The SMILES string of the molecule is c1ccc(-c2ccccc2N(c2ccc(-c3ccc4c(ccc5c6ccccc6ccc45)c3)cc2)c2cccc(-n3c4ccccc4c4c5ccccc5ccc43)c2)cc1. The van der Waals surface area contributed by atoms with Crippen molar-refractivity contribution >= 4 is 82.0 Å². The molecule has 12 aromatic rings. The number of anilines is 3. The van der Waals surface area contributed by atoms with Gasteiger partial charge in [-0.05, 0) is 114 Å². The van der Waals surface area contributed by atoms with E-state index in [1.54, 1.807) is 0 Å². The van der Waals surface area contributed by atoms with Crippen LogP contribution in [0.3, 0.4) is 0 Å². The van der Waals surface area contributed by atoms with Crippen LogP contribution in [0.5, 0.6) is 0 Å². The van der Waals surface area contributed by atoms with Gasteiger partial charge in [0.05, 0.1) is 16.7 Å². The first kappa shape index (κ1) is 34.1. The maximum Gasteiger partial charge on any atom is 0.0547 e. The summed E-state index contributed by atoms with van der Waals surface area (Å²) in [5.41, 5.74) is 11.5. The average Bonchev–Trinajstić information content (AvgIpc) is 3.67. The highest BCUT2D eigenvalue weighted by atomic mass is 15.1. The smallest absolute Gasteiger partial charge is 0.0547 e. The molecule has 0 bridgehead atoms. The van der Waals surface area contributed by atoms with Crippen molar-refractivity contribution in [1.29, 1.82) is 0 Å². The molecular weight excluding hydrogens is 725 g/mol. The number of rotatable bonds is 6. The summed E-state index contributed by atoms with van der Waals surface area (Å²) in [4.78, 5) is 2.41. The van der Waals surface area contributed by atoms with Gasteiger partial charge in [-0.1, -0.05) is 176 Å². The molecule has 0 atom stereocenters. The molecule has 0 aliphatic carbocycles. The largest absolute Gasteiger partial charge is 0.310 e. The van der Waals surface area contributed by atoms with Gasteiger partial charge in [0, 0.05) is 33.4 Å². The zero-order chi connectivity index (χ0) is 39.6. The van der Waals surface area contributed by atoms with Crippen LogP contribution in [0.1, 0.15) is 0 Å². The van der Waals surface area contributed by atoms with E-state index in [0.29, 0.717) is 0 Å². The van der Waals surface area contributed by atoms with E-state index in [1.807, 2.05) is 0 Å². The first-order chi connectivity index (χ1) is 29.8. The molecule has 0 fully saturated rings. The number of para-hydroxylation sites is 2. The van der Waals surface area contributed by atoms with E-state index < -0.39 is 0 Å². The molecule has 0 saturated heterocycles. The molecule has 11 aromatic carbocycles. The van der Waals surface area contributed by atoms with Crippen molar-refractivity contribution in [3.05, 3.63) is 231 Å². The van der Waals surface area contributed by atoms with Crippen LogP contribution in [0.15, 0.2) is 231 Å². The fourth-order valence-electron chi connectivity index (χ4n) is 9.56. The molecule has 0 radical (unpaired) electrons. The molecule has 0 spiro atoms. The molecule has 0 unspecified atom stereocenters. The molecule has 1 heterocycles. The number of fused-ring (bicyclic) bond motifs is 10. The molecule has 0 aliphatic rings. The van der Waals surface area contributed by atoms with Gasteiger partial charge < -0.3 is 9.47 Å². The molecular formula is C58H38N2. The number of aromatic nitrogens is 1. The Morgan fingerprint density at radius 3 is 1.75 bits per heavy atom. The lowest BCUT2D eigenvalue weighted by molar-refractivity contribution is 1.17. The Bertz CT molecular complexity index is 3600. The summed E-state index contributed by atoms with van der Waals surface area (Å²) < 4.78 is 2.43. The van der Waals surface area contributed by atoms with Gasteiger partial charge in [0.1, 0.15) is 0 Å². The fraction of sp³-hybridized carbons (Fsp3) is 0. The molecule has 0 aliphatic heterocycles. The van der Waals surface area contributed by atoms with Gasteiger partial charge in [-0.15, -0.1) is 0 Å². The van der Waals surface area contributed by atoms with Gasteiger partial charge in [-0.25, -0.2) is 0 Å². The van der Waals surface area contributed by atoms with E-state index in [-0.39, 0.29) is 0 Å². The Morgan fingerprint density at radius 2 is 0.917 bits per heavy atom. The van der Waals surface area contributed by atoms with E-state index >= 15 is 0 Å². The zero-order valence-corrected chi connectivity index (χ0v) is 32.8. The molecule has 1 aromatic heterocycles. The Labute approximate surface area is 348 Å². The van der Waals surface area contributed by atoms with E-state index in [9.17, 15) is 0 Å².